The third-order valence-electron chi connectivity index (χ3n) is 1.22. The van der Waals surface area contributed by atoms with E-state index in [9.17, 15) is 17.6 Å². The molecule has 1 nitrogen and oxygen atoms in total. The summed E-state index contributed by atoms with van der Waals surface area (Å²) in [6.07, 6.45) is 0. The molecule has 0 amide bonds. The van der Waals surface area contributed by atoms with Crippen LogP contribution < -0.4 is 0 Å². The fraction of sp³-hybridized carbons (Fsp3) is 0.167. The number of rotatable bonds is 1. The summed E-state index contributed by atoms with van der Waals surface area (Å²) in [5.41, 5.74) is -0.846. The maximum Gasteiger partial charge on any atom is 0.252 e. The lowest BCUT2D eigenvalue weighted by atomic mass is 10.3. The summed E-state index contributed by atoms with van der Waals surface area (Å²) in [5.74, 6) is -7.13. The van der Waals surface area contributed by atoms with Crippen molar-refractivity contribution in [1.29, 1.82) is 0 Å². The van der Waals surface area contributed by atoms with Gasteiger partial charge in [-0.05, 0) is 0 Å². The molecule has 0 saturated heterocycles. The smallest absolute Gasteiger partial charge is 0.201 e. The second-order valence-corrected chi connectivity index (χ2v) is 2.20. The summed E-state index contributed by atoms with van der Waals surface area (Å²) < 4.78 is 49.5. The molecule has 0 atom stereocenters. The van der Waals surface area contributed by atoms with Gasteiger partial charge in [0.2, 0.25) is 0 Å². The molecule has 0 fully saturated rings. The molecular weight excluding hydrogens is 198 g/mol. The summed E-state index contributed by atoms with van der Waals surface area (Å²) >= 11 is 5.04. The van der Waals surface area contributed by atoms with E-state index in [1.165, 1.54) is 0 Å². The van der Waals surface area contributed by atoms with Gasteiger partial charge in [0.15, 0.2) is 11.6 Å². The van der Waals surface area contributed by atoms with Crippen LogP contribution in [-0.2, 0) is 5.88 Å². The summed E-state index contributed by atoms with van der Waals surface area (Å²) in [5, 5.41) is 0. The molecule has 6 heteroatoms. The highest BCUT2D eigenvalue weighted by Gasteiger charge is 2.19. The molecule has 0 unspecified atom stereocenters. The number of hydrogen-bond acceptors (Lipinski definition) is 1. The van der Waals surface area contributed by atoms with Crippen LogP contribution >= 0.6 is 11.6 Å². The van der Waals surface area contributed by atoms with Crippen molar-refractivity contribution in [1.82, 2.24) is 4.98 Å². The zero-order chi connectivity index (χ0) is 9.30. The second-order valence-electron chi connectivity index (χ2n) is 1.93. The quantitative estimate of drug-likeness (QED) is 0.384. The first kappa shape index (κ1) is 9.25. The minimum Gasteiger partial charge on any atom is -0.201 e. The Labute approximate surface area is 70.0 Å². The van der Waals surface area contributed by atoms with Crippen LogP contribution in [0.25, 0.3) is 0 Å². The molecule has 0 bridgehead atoms. The predicted molar refractivity (Wildman–Crippen MR) is 33.6 cm³/mol. The van der Waals surface area contributed by atoms with Gasteiger partial charge in [0.05, 0.1) is 5.88 Å². The highest BCUT2D eigenvalue weighted by atomic mass is 35.5. The Bertz CT molecular complexity index is 289. The zero-order valence-electron chi connectivity index (χ0n) is 5.54. The molecule has 0 saturated carbocycles. The minimum atomic E-state index is -1.69. The molecule has 66 valence electrons. The van der Waals surface area contributed by atoms with E-state index in [1.807, 2.05) is 0 Å². The largest absolute Gasteiger partial charge is 0.252 e. The standard InChI is InChI=1S/C6H2ClF4N/c7-1-2-3(8)5(10)12-6(11)4(2)9/h1H2. The Morgan fingerprint density at radius 1 is 1.00 bits per heavy atom. The van der Waals surface area contributed by atoms with Gasteiger partial charge < -0.3 is 0 Å². The van der Waals surface area contributed by atoms with Crippen LogP contribution in [0.4, 0.5) is 17.6 Å². The molecule has 1 aromatic heterocycles. The summed E-state index contributed by atoms with van der Waals surface area (Å²) in [6.45, 7) is 0. The van der Waals surface area contributed by atoms with E-state index in [1.54, 1.807) is 0 Å². The Morgan fingerprint density at radius 3 is 1.75 bits per heavy atom. The summed E-state index contributed by atoms with van der Waals surface area (Å²) in [6, 6.07) is 0. The minimum absolute atomic E-state index is 0.645. The number of nitrogens with zero attached hydrogens (tertiary/aromatic N) is 1. The average molecular weight is 200 g/mol. The molecule has 1 heterocycles. The number of halogens is 5. The third kappa shape index (κ3) is 1.36. The van der Waals surface area contributed by atoms with Crippen LogP contribution in [0.5, 0.6) is 0 Å². The summed E-state index contributed by atoms with van der Waals surface area (Å²) in [7, 11) is 0. The predicted octanol–water partition coefficient (Wildman–Crippen LogP) is 2.38. The van der Waals surface area contributed by atoms with Crippen LogP contribution in [0.3, 0.4) is 0 Å². The van der Waals surface area contributed by atoms with Crippen LogP contribution in [0.15, 0.2) is 0 Å². The van der Waals surface area contributed by atoms with Crippen molar-refractivity contribution in [2.75, 3.05) is 0 Å². The molecule has 0 radical (unpaired) electrons. The first-order chi connectivity index (χ1) is 5.57. The van der Waals surface area contributed by atoms with Crippen LogP contribution in [0.1, 0.15) is 5.56 Å². The van der Waals surface area contributed by atoms with Crippen molar-refractivity contribution in [3.63, 3.8) is 0 Å². The molecule has 0 aliphatic rings. The summed E-state index contributed by atoms with van der Waals surface area (Å²) in [4.78, 5) is 2.34. The topological polar surface area (TPSA) is 12.9 Å². The van der Waals surface area contributed by atoms with E-state index in [0.29, 0.717) is 0 Å². The van der Waals surface area contributed by atoms with Crippen molar-refractivity contribution in [2.45, 2.75) is 5.88 Å². The van der Waals surface area contributed by atoms with Gasteiger partial charge in [-0.15, -0.1) is 11.6 Å². The van der Waals surface area contributed by atoms with Crippen molar-refractivity contribution in [3.8, 4) is 0 Å². The second kappa shape index (κ2) is 3.26. The number of alkyl halides is 1. The Morgan fingerprint density at radius 2 is 1.42 bits per heavy atom. The van der Waals surface area contributed by atoms with Crippen molar-refractivity contribution in [3.05, 3.63) is 29.1 Å². The number of aromatic nitrogens is 1. The van der Waals surface area contributed by atoms with Crippen molar-refractivity contribution >= 4 is 11.6 Å². The Kier molecular flexibility index (Phi) is 2.52. The lowest BCUT2D eigenvalue weighted by Gasteiger charge is -2.00. The number of pyridine rings is 1. The fourth-order valence-electron chi connectivity index (χ4n) is 0.647. The van der Waals surface area contributed by atoms with Gasteiger partial charge >= 0.3 is 0 Å². The normalized spacial score (nSPS) is 10.4. The first-order valence-corrected chi connectivity index (χ1v) is 3.36. The molecule has 0 spiro atoms. The van der Waals surface area contributed by atoms with E-state index < -0.39 is 35.0 Å². The van der Waals surface area contributed by atoms with Crippen LogP contribution in [-0.4, -0.2) is 4.98 Å². The van der Waals surface area contributed by atoms with Crippen molar-refractivity contribution < 1.29 is 17.6 Å². The lowest BCUT2D eigenvalue weighted by molar-refractivity contribution is 0.398. The van der Waals surface area contributed by atoms with Gasteiger partial charge in [-0.2, -0.15) is 13.8 Å². The molecular formula is C6H2ClF4N. The fourth-order valence-corrected chi connectivity index (χ4v) is 0.882. The van der Waals surface area contributed by atoms with Crippen LogP contribution in [0, 0.1) is 23.5 Å². The number of hydrogen-bond donors (Lipinski definition) is 0. The van der Waals surface area contributed by atoms with Gasteiger partial charge in [-0.25, -0.2) is 8.78 Å². The maximum absolute atomic E-state index is 12.5. The van der Waals surface area contributed by atoms with Crippen molar-refractivity contribution in [2.24, 2.45) is 0 Å². The third-order valence-corrected chi connectivity index (χ3v) is 1.49. The van der Waals surface area contributed by atoms with E-state index in [4.69, 9.17) is 11.6 Å². The van der Waals surface area contributed by atoms with Gasteiger partial charge in [0.25, 0.3) is 11.9 Å². The molecule has 0 N–H and O–H groups in total. The molecule has 0 aromatic carbocycles. The van der Waals surface area contributed by atoms with Gasteiger partial charge in [-0.1, -0.05) is 0 Å². The average Bonchev–Trinajstić information content (AvgIpc) is 2.02. The Balaban J connectivity index is 3.42. The Hall–Kier alpha value is -0.840. The van der Waals surface area contributed by atoms with Gasteiger partial charge in [0.1, 0.15) is 0 Å². The highest BCUT2D eigenvalue weighted by Crippen LogP contribution is 2.17. The van der Waals surface area contributed by atoms with Crippen LogP contribution in [0.2, 0.25) is 0 Å². The first-order valence-electron chi connectivity index (χ1n) is 2.82. The van der Waals surface area contributed by atoms with E-state index in [2.05, 4.69) is 4.98 Å². The molecule has 1 aromatic rings. The molecule has 0 aliphatic heterocycles. The molecule has 12 heavy (non-hydrogen) atoms. The van der Waals surface area contributed by atoms with Gasteiger partial charge in [0, 0.05) is 5.56 Å². The SMILES string of the molecule is Fc1nc(F)c(F)c(CCl)c1F. The zero-order valence-corrected chi connectivity index (χ0v) is 6.30. The molecule has 1 rings (SSSR count). The monoisotopic (exact) mass is 199 g/mol. The van der Waals surface area contributed by atoms with Gasteiger partial charge in [-0.3, -0.25) is 0 Å². The molecule has 0 aliphatic carbocycles. The lowest BCUT2D eigenvalue weighted by Crippen LogP contribution is -2.04. The maximum atomic E-state index is 12.5. The van der Waals surface area contributed by atoms with E-state index >= 15 is 0 Å². The van der Waals surface area contributed by atoms with E-state index in [0.717, 1.165) is 0 Å². The van der Waals surface area contributed by atoms with E-state index in [-0.39, 0.29) is 0 Å². The highest BCUT2D eigenvalue weighted by molar-refractivity contribution is 6.17.